The van der Waals surface area contributed by atoms with Crippen LogP contribution in [0.5, 0.6) is 0 Å². The molecule has 0 spiro atoms. The average molecular weight is 311 g/mol. The summed E-state index contributed by atoms with van der Waals surface area (Å²) in [5.74, 6) is 2.56. The molecule has 4 heteroatoms. The maximum atomic E-state index is 6.26. The van der Waals surface area contributed by atoms with Crippen LogP contribution < -0.4 is 0 Å². The van der Waals surface area contributed by atoms with Crippen molar-refractivity contribution in [2.45, 2.75) is 45.1 Å². The highest BCUT2D eigenvalue weighted by Gasteiger charge is 2.17. The molecule has 1 saturated carbocycles. The van der Waals surface area contributed by atoms with Crippen LogP contribution in [0.2, 0.25) is 5.02 Å². The number of hydrogen-bond acceptors (Lipinski definition) is 1. The van der Waals surface area contributed by atoms with Crippen molar-refractivity contribution in [3.63, 3.8) is 0 Å². The molecule has 0 unspecified atom stereocenters. The van der Waals surface area contributed by atoms with Crippen LogP contribution in [0.4, 0.5) is 0 Å². The maximum Gasteiger partial charge on any atom is 0.111 e. The van der Waals surface area contributed by atoms with Crippen molar-refractivity contribution in [3.8, 4) is 0 Å². The summed E-state index contributed by atoms with van der Waals surface area (Å²) < 4.78 is 2.32. The summed E-state index contributed by atoms with van der Waals surface area (Å²) in [6.45, 7) is 1.04. The average Bonchev–Trinajstić information content (AvgIpc) is 3.05. The Hall–Kier alpha value is -0.730. The first-order valence-corrected chi connectivity index (χ1v) is 8.40. The molecule has 108 valence electrons. The molecule has 0 N–H and O–H groups in total. The molecule has 1 aliphatic carbocycles. The highest BCUT2D eigenvalue weighted by Crippen LogP contribution is 2.30. The lowest BCUT2D eigenvalue weighted by Crippen LogP contribution is -2.08. The number of para-hydroxylation sites is 1. The van der Waals surface area contributed by atoms with Crippen LogP contribution >= 0.6 is 23.2 Å². The van der Waals surface area contributed by atoms with Crippen LogP contribution in [-0.4, -0.2) is 15.4 Å². The number of rotatable bonds is 5. The van der Waals surface area contributed by atoms with Gasteiger partial charge in [0, 0.05) is 18.8 Å². The third-order valence-electron chi connectivity index (χ3n) is 4.36. The Morgan fingerprint density at radius 2 is 2.05 bits per heavy atom. The fraction of sp³-hybridized carbons (Fsp3) is 0.562. The predicted molar refractivity (Wildman–Crippen MR) is 85.7 cm³/mol. The fourth-order valence-electron chi connectivity index (χ4n) is 3.30. The number of benzene rings is 1. The number of halogens is 2. The van der Waals surface area contributed by atoms with Gasteiger partial charge in [-0.2, -0.15) is 0 Å². The molecule has 2 nitrogen and oxygen atoms in total. The minimum absolute atomic E-state index is 0.602. The Labute approximate surface area is 130 Å². The Kier molecular flexibility index (Phi) is 4.52. The molecule has 1 aromatic heterocycles. The van der Waals surface area contributed by atoms with E-state index in [0.29, 0.717) is 5.88 Å². The number of imidazole rings is 1. The van der Waals surface area contributed by atoms with Gasteiger partial charge in [0.25, 0.3) is 0 Å². The highest BCUT2D eigenvalue weighted by molar-refractivity contribution is 6.34. The van der Waals surface area contributed by atoms with E-state index >= 15 is 0 Å². The zero-order valence-electron chi connectivity index (χ0n) is 11.6. The van der Waals surface area contributed by atoms with E-state index in [-0.39, 0.29) is 0 Å². The standard InChI is InChI=1S/C16H20Cl2N2/c17-10-8-15-19-16-13(18)6-3-7-14(16)20(15)11-9-12-4-1-2-5-12/h3,6-7,12H,1-2,4-5,8-11H2. The summed E-state index contributed by atoms with van der Waals surface area (Å²) >= 11 is 12.2. The number of aryl methyl sites for hydroxylation is 2. The molecule has 2 aromatic rings. The van der Waals surface area contributed by atoms with Crippen molar-refractivity contribution < 1.29 is 0 Å². The maximum absolute atomic E-state index is 6.26. The monoisotopic (exact) mass is 310 g/mol. The van der Waals surface area contributed by atoms with Crippen LogP contribution in [0.3, 0.4) is 0 Å². The molecule has 3 rings (SSSR count). The number of aromatic nitrogens is 2. The molecule has 0 bridgehead atoms. The minimum atomic E-state index is 0.602. The molecule has 1 fully saturated rings. The summed E-state index contributed by atoms with van der Waals surface area (Å²) in [7, 11) is 0. The van der Waals surface area contributed by atoms with E-state index in [1.165, 1.54) is 32.1 Å². The van der Waals surface area contributed by atoms with E-state index in [0.717, 1.165) is 40.8 Å². The zero-order chi connectivity index (χ0) is 13.9. The first-order chi connectivity index (χ1) is 9.79. The van der Waals surface area contributed by atoms with E-state index in [1.54, 1.807) is 0 Å². The van der Waals surface area contributed by atoms with Gasteiger partial charge in [-0.25, -0.2) is 4.98 Å². The van der Waals surface area contributed by atoms with Crippen LogP contribution in [0.15, 0.2) is 18.2 Å². The van der Waals surface area contributed by atoms with Gasteiger partial charge in [0.05, 0.1) is 10.5 Å². The molecular weight excluding hydrogens is 291 g/mol. The van der Waals surface area contributed by atoms with Crippen molar-refractivity contribution in [1.82, 2.24) is 9.55 Å². The largest absolute Gasteiger partial charge is 0.328 e. The lowest BCUT2D eigenvalue weighted by atomic mass is 10.0. The Morgan fingerprint density at radius 3 is 2.80 bits per heavy atom. The molecule has 0 saturated heterocycles. The quantitative estimate of drug-likeness (QED) is 0.706. The van der Waals surface area contributed by atoms with Crippen LogP contribution in [0.1, 0.15) is 37.9 Å². The fourth-order valence-corrected chi connectivity index (χ4v) is 3.68. The normalized spacial score (nSPS) is 16.3. The number of alkyl halides is 1. The topological polar surface area (TPSA) is 17.8 Å². The number of hydrogen-bond donors (Lipinski definition) is 0. The van der Waals surface area contributed by atoms with Crippen LogP contribution in [0, 0.1) is 5.92 Å². The summed E-state index contributed by atoms with van der Waals surface area (Å²) in [5.41, 5.74) is 2.07. The summed E-state index contributed by atoms with van der Waals surface area (Å²) in [5, 5.41) is 0.734. The van der Waals surface area contributed by atoms with Crippen molar-refractivity contribution in [2.75, 3.05) is 5.88 Å². The van der Waals surface area contributed by atoms with Crippen LogP contribution in [0.25, 0.3) is 11.0 Å². The van der Waals surface area contributed by atoms with Crippen molar-refractivity contribution in [2.24, 2.45) is 5.92 Å². The van der Waals surface area contributed by atoms with Gasteiger partial charge in [0.1, 0.15) is 11.3 Å². The second-order valence-electron chi connectivity index (χ2n) is 5.67. The molecule has 0 amide bonds. The lowest BCUT2D eigenvalue weighted by Gasteiger charge is -2.12. The van der Waals surface area contributed by atoms with Crippen molar-refractivity contribution in [1.29, 1.82) is 0 Å². The molecular formula is C16H20Cl2N2. The molecule has 20 heavy (non-hydrogen) atoms. The van der Waals surface area contributed by atoms with Gasteiger partial charge in [-0.15, -0.1) is 11.6 Å². The lowest BCUT2D eigenvalue weighted by molar-refractivity contribution is 0.457. The van der Waals surface area contributed by atoms with Gasteiger partial charge in [-0.05, 0) is 24.5 Å². The van der Waals surface area contributed by atoms with Gasteiger partial charge in [0.15, 0.2) is 0 Å². The van der Waals surface area contributed by atoms with Crippen LogP contribution in [-0.2, 0) is 13.0 Å². The highest BCUT2D eigenvalue weighted by atomic mass is 35.5. The second kappa shape index (κ2) is 6.36. The second-order valence-corrected chi connectivity index (χ2v) is 6.45. The smallest absolute Gasteiger partial charge is 0.111 e. The van der Waals surface area contributed by atoms with Gasteiger partial charge in [0.2, 0.25) is 0 Å². The predicted octanol–water partition coefficient (Wildman–Crippen LogP) is 5.05. The van der Waals surface area contributed by atoms with Crippen molar-refractivity contribution >= 4 is 34.2 Å². The first kappa shape index (κ1) is 14.2. The SMILES string of the molecule is ClCCc1nc2c(Cl)cccc2n1CCC1CCCC1. The van der Waals surface area contributed by atoms with E-state index in [4.69, 9.17) is 28.2 Å². The van der Waals surface area contributed by atoms with Gasteiger partial charge >= 0.3 is 0 Å². The van der Waals surface area contributed by atoms with Gasteiger partial charge < -0.3 is 4.57 Å². The number of nitrogens with zero attached hydrogens (tertiary/aromatic N) is 2. The van der Waals surface area contributed by atoms with Gasteiger partial charge in [-0.1, -0.05) is 43.4 Å². The zero-order valence-corrected chi connectivity index (χ0v) is 13.1. The molecule has 1 heterocycles. The van der Waals surface area contributed by atoms with Crippen molar-refractivity contribution in [3.05, 3.63) is 29.0 Å². The third-order valence-corrected chi connectivity index (χ3v) is 4.86. The number of fused-ring (bicyclic) bond motifs is 1. The van der Waals surface area contributed by atoms with Gasteiger partial charge in [-0.3, -0.25) is 0 Å². The summed E-state index contributed by atoms with van der Waals surface area (Å²) in [6, 6.07) is 6.02. The Balaban J connectivity index is 1.89. The summed E-state index contributed by atoms with van der Waals surface area (Å²) in [6.07, 6.45) is 7.62. The third kappa shape index (κ3) is 2.82. The minimum Gasteiger partial charge on any atom is -0.328 e. The van der Waals surface area contributed by atoms with E-state index in [2.05, 4.69) is 10.6 Å². The summed E-state index contributed by atoms with van der Waals surface area (Å²) in [4.78, 5) is 4.69. The molecule has 0 radical (unpaired) electrons. The molecule has 1 aromatic carbocycles. The molecule has 1 aliphatic rings. The van der Waals surface area contributed by atoms with E-state index in [9.17, 15) is 0 Å². The molecule has 0 atom stereocenters. The first-order valence-electron chi connectivity index (χ1n) is 7.49. The van der Waals surface area contributed by atoms with E-state index < -0.39 is 0 Å². The molecule has 0 aliphatic heterocycles. The Morgan fingerprint density at radius 1 is 1.25 bits per heavy atom. The van der Waals surface area contributed by atoms with E-state index in [1.807, 2.05) is 12.1 Å². The Bertz CT molecular complexity index is 585.